The Hall–Kier alpha value is -3.69. The molecule has 0 unspecified atom stereocenters. The van der Waals surface area contributed by atoms with Crippen molar-refractivity contribution in [3.05, 3.63) is 88.5 Å². The fourth-order valence-corrected chi connectivity index (χ4v) is 8.33. The van der Waals surface area contributed by atoms with Crippen LogP contribution in [0.5, 0.6) is 0 Å². The van der Waals surface area contributed by atoms with E-state index in [-0.39, 0.29) is 42.8 Å². The van der Waals surface area contributed by atoms with Crippen molar-refractivity contribution in [3.63, 3.8) is 0 Å². The number of carboxylic acids is 1. The van der Waals surface area contributed by atoms with E-state index in [9.17, 15) is 23.1 Å². The van der Waals surface area contributed by atoms with Crippen LogP contribution in [-0.2, 0) is 19.6 Å². The van der Waals surface area contributed by atoms with Gasteiger partial charge in [0.2, 0.25) is 10.0 Å². The number of sulfonamides is 1. The molecule has 8 nitrogen and oxygen atoms in total. The number of hydrogen-bond donors (Lipinski definition) is 2. The Morgan fingerprint density at radius 3 is 2.02 bits per heavy atom. The number of carbonyl (C=O) groups excluding carboxylic acids is 1. The third-order valence-corrected chi connectivity index (χ3v) is 10.0. The van der Waals surface area contributed by atoms with Crippen molar-refractivity contribution < 1.29 is 27.9 Å². The number of amides is 1. The summed E-state index contributed by atoms with van der Waals surface area (Å²) in [6.45, 7) is 9.71. The van der Waals surface area contributed by atoms with Crippen molar-refractivity contribution in [1.29, 1.82) is 0 Å². The number of aryl methyl sites for hydroxylation is 3. The third kappa shape index (κ3) is 7.28. The molecule has 1 atom stereocenters. The molecule has 0 bridgehead atoms. The number of hydrogen-bond acceptors (Lipinski definition) is 5. The van der Waals surface area contributed by atoms with Gasteiger partial charge in [0.25, 0.3) is 0 Å². The number of alkyl carbamates (subject to hydrolysis) is 1. The van der Waals surface area contributed by atoms with E-state index in [4.69, 9.17) is 4.74 Å². The molecule has 0 aliphatic heterocycles. The van der Waals surface area contributed by atoms with Crippen molar-refractivity contribution in [3.8, 4) is 11.1 Å². The Kier molecular flexibility index (Phi) is 10.3. The molecule has 0 fully saturated rings. The molecular formula is C34H42N2O6S. The van der Waals surface area contributed by atoms with Crippen LogP contribution in [0.3, 0.4) is 0 Å². The summed E-state index contributed by atoms with van der Waals surface area (Å²) in [6, 6.07) is 18.6. The summed E-state index contributed by atoms with van der Waals surface area (Å²) < 4.78 is 34.5. The van der Waals surface area contributed by atoms with Crippen LogP contribution in [0.2, 0.25) is 0 Å². The molecule has 3 aromatic rings. The Bertz CT molecular complexity index is 1510. The average molecular weight is 607 g/mol. The van der Waals surface area contributed by atoms with Crippen LogP contribution < -0.4 is 5.32 Å². The van der Waals surface area contributed by atoms with Crippen LogP contribution in [0, 0.1) is 26.7 Å². The maximum Gasteiger partial charge on any atom is 0.407 e. The van der Waals surface area contributed by atoms with E-state index in [1.165, 1.54) is 0 Å². The number of benzene rings is 3. The predicted molar refractivity (Wildman–Crippen MR) is 168 cm³/mol. The summed E-state index contributed by atoms with van der Waals surface area (Å²) in [7, 11) is -4.07. The highest BCUT2D eigenvalue weighted by atomic mass is 32.2. The lowest BCUT2D eigenvalue weighted by molar-refractivity contribution is -0.141. The summed E-state index contributed by atoms with van der Waals surface area (Å²) in [4.78, 5) is 25.1. The highest BCUT2D eigenvalue weighted by Crippen LogP contribution is 2.44. The zero-order valence-corrected chi connectivity index (χ0v) is 26.4. The zero-order valence-electron chi connectivity index (χ0n) is 25.6. The maximum atomic E-state index is 13.9. The first-order valence-corrected chi connectivity index (χ1v) is 16.3. The zero-order chi connectivity index (χ0) is 31.3. The molecule has 1 amide bonds. The van der Waals surface area contributed by atoms with Crippen LogP contribution in [0.1, 0.15) is 66.8 Å². The number of aliphatic carboxylic acids is 1. The van der Waals surface area contributed by atoms with Gasteiger partial charge in [-0.1, -0.05) is 80.1 Å². The monoisotopic (exact) mass is 606 g/mol. The van der Waals surface area contributed by atoms with Gasteiger partial charge >= 0.3 is 12.1 Å². The second-order valence-electron chi connectivity index (χ2n) is 11.8. The van der Waals surface area contributed by atoms with Gasteiger partial charge in [-0.2, -0.15) is 4.31 Å². The molecule has 0 saturated carbocycles. The molecule has 2 N–H and O–H groups in total. The molecule has 3 aromatic carbocycles. The lowest BCUT2D eigenvalue weighted by Crippen LogP contribution is -2.47. The fraction of sp³-hybridized carbons (Fsp3) is 0.412. The molecule has 43 heavy (non-hydrogen) atoms. The van der Waals surface area contributed by atoms with E-state index in [1.807, 2.05) is 45.0 Å². The van der Waals surface area contributed by atoms with Gasteiger partial charge in [0, 0.05) is 19.0 Å². The summed E-state index contributed by atoms with van der Waals surface area (Å²) >= 11 is 0. The number of rotatable bonds is 13. The molecule has 0 heterocycles. The summed E-state index contributed by atoms with van der Waals surface area (Å²) in [5.41, 5.74) is 6.72. The minimum absolute atomic E-state index is 0.0378. The van der Waals surface area contributed by atoms with Crippen LogP contribution in [0.25, 0.3) is 11.1 Å². The lowest BCUT2D eigenvalue weighted by atomic mass is 9.98. The standard InChI is InChI=1S/C34H42N2O6S/c1-22(2)20-36(43(40,41)32-24(4)18-23(3)19-25(32)5)31(33(37)38)16-10-11-17-35-34(39)42-21-30-28-14-8-6-12-26(28)27-13-7-9-15-29(27)30/h6-9,12-15,18-19,22,30-31H,10-11,16-17,20-21H2,1-5H3,(H,35,39)(H,37,38)/t31-/m0/s1. The number of nitrogens with one attached hydrogen (secondary N) is 1. The number of fused-ring (bicyclic) bond motifs is 3. The number of unbranched alkanes of at least 4 members (excludes halogenated alkanes) is 1. The first-order valence-electron chi connectivity index (χ1n) is 14.8. The average Bonchev–Trinajstić information content (AvgIpc) is 3.25. The number of nitrogens with zero attached hydrogens (tertiary/aromatic N) is 1. The quantitative estimate of drug-likeness (QED) is 0.217. The smallest absolute Gasteiger partial charge is 0.407 e. The number of ether oxygens (including phenoxy) is 1. The van der Waals surface area contributed by atoms with Crippen LogP contribution in [0.4, 0.5) is 4.79 Å². The van der Waals surface area contributed by atoms with Crippen molar-refractivity contribution in [2.24, 2.45) is 5.92 Å². The Morgan fingerprint density at radius 1 is 0.930 bits per heavy atom. The van der Waals surface area contributed by atoms with Gasteiger partial charge in [0.05, 0.1) is 4.90 Å². The lowest BCUT2D eigenvalue weighted by Gasteiger charge is -2.31. The first kappa shape index (κ1) is 32.2. The topological polar surface area (TPSA) is 113 Å². The van der Waals surface area contributed by atoms with Crippen molar-refractivity contribution >= 4 is 22.1 Å². The van der Waals surface area contributed by atoms with Crippen molar-refractivity contribution in [2.45, 2.75) is 70.7 Å². The SMILES string of the molecule is Cc1cc(C)c(S(=O)(=O)N(CC(C)C)[C@@H](CCCCNC(=O)OCC2c3ccccc3-c3ccccc32)C(=O)O)c(C)c1. The highest BCUT2D eigenvalue weighted by Gasteiger charge is 2.37. The third-order valence-electron chi connectivity index (χ3n) is 7.87. The van der Waals surface area contributed by atoms with E-state index in [0.29, 0.717) is 24.0 Å². The summed E-state index contributed by atoms with van der Waals surface area (Å²) in [6.07, 6.45) is 0.478. The normalized spacial score (nSPS) is 13.6. The predicted octanol–water partition coefficient (Wildman–Crippen LogP) is 6.42. The fourth-order valence-electron chi connectivity index (χ4n) is 6.14. The molecular weight excluding hydrogens is 564 g/mol. The molecule has 0 spiro atoms. The minimum atomic E-state index is -4.07. The molecule has 1 aliphatic rings. The number of carbonyl (C=O) groups is 2. The molecule has 4 rings (SSSR count). The van der Waals surface area contributed by atoms with Gasteiger partial charge in [-0.05, 0) is 79.3 Å². The number of carboxylic acid groups (broad SMARTS) is 1. The highest BCUT2D eigenvalue weighted by molar-refractivity contribution is 7.89. The van der Waals surface area contributed by atoms with E-state index >= 15 is 0 Å². The van der Waals surface area contributed by atoms with Gasteiger partial charge in [-0.25, -0.2) is 13.2 Å². The summed E-state index contributed by atoms with van der Waals surface area (Å²) in [5, 5.41) is 12.9. The van der Waals surface area contributed by atoms with E-state index in [0.717, 1.165) is 32.1 Å². The second kappa shape index (κ2) is 13.7. The summed E-state index contributed by atoms with van der Waals surface area (Å²) in [5.74, 6) is -1.29. The van der Waals surface area contributed by atoms with Gasteiger partial charge in [0.15, 0.2) is 0 Å². The van der Waals surface area contributed by atoms with E-state index in [2.05, 4.69) is 29.6 Å². The van der Waals surface area contributed by atoms with Gasteiger partial charge < -0.3 is 15.2 Å². The van der Waals surface area contributed by atoms with Crippen LogP contribution in [0.15, 0.2) is 65.6 Å². The van der Waals surface area contributed by atoms with Gasteiger partial charge in [-0.3, -0.25) is 4.79 Å². The van der Waals surface area contributed by atoms with Crippen molar-refractivity contribution in [1.82, 2.24) is 9.62 Å². The van der Waals surface area contributed by atoms with Crippen molar-refractivity contribution in [2.75, 3.05) is 19.7 Å². The largest absolute Gasteiger partial charge is 0.480 e. The van der Waals surface area contributed by atoms with E-state index in [1.54, 1.807) is 26.0 Å². The van der Waals surface area contributed by atoms with Gasteiger partial charge in [-0.15, -0.1) is 0 Å². The molecule has 230 valence electrons. The molecule has 0 radical (unpaired) electrons. The Balaban J connectivity index is 1.34. The van der Waals surface area contributed by atoms with E-state index < -0.39 is 28.1 Å². The Labute approximate surface area is 255 Å². The minimum Gasteiger partial charge on any atom is -0.480 e. The van der Waals surface area contributed by atoms with Crippen LogP contribution in [-0.4, -0.2) is 55.6 Å². The molecule has 0 aromatic heterocycles. The van der Waals surface area contributed by atoms with Crippen LogP contribution >= 0.6 is 0 Å². The van der Waals surface area contributed by atoms with Gasteiger partial charge in [0.1, 0.15) is 12.6 Å². The Morgan fingerprint density at radius 2 is 1.49 bits per heavy atom. The molecule has 1 aliphatic carbocycles. The maximum absolute atomic E-state index is 13.9. The second-order valence-corrected chi connectivity index (χ2v) is 13.6. The first-order chi connectivity index (χ1) is 20.4. The molecule has 9 heteroatoms. The molecule has 0 saturated heterocycles.